The van der Waals surface area contributed by atoms with Gasteiger partial charge in [0.15, 0.2) is 0 Å². The topological polar surface area (TPSA) is 3.24 Å². The first kappa shape index (κ1) is 11.0. The van der Waals surface area contributed by atoms with E-state index in [-0.39, 0.29) is 0 Å². The summed E-state index contributed by atoms with van der Waals surface area (Å²) in [6.45, 7) is 2.51. The van der Waals surface area contributed by atoms with E-state index in [1.54, 1.807) is 11.1 Å². The Morgan fingerprint density at radius 1 is 1.12 bits per heavy atom. The Labute approximate surface area is 104 Å². The van der Waals surface area contributed by atoms with Gasteiger partial charge in [-0.05, 0) is 68.4 Å². The fourth-order valence-corrected chi connectivity index (χ4v) is 3.22. The second kappa shape index (κ2) is 4.66. The van der Waals surface area contributed by atoms with E-state index in [0.29, 0.717) is 0 Å². The number of likely N-dealkylation sites (tertiary alicyclic amines) is 1. The summed E-state index contributed by atoms with van der Waals surface area (Å²) in [4.78, 5) is 2.45. The van der Waals surface area contributed by atoms with Crippen molar-refractivity contribution >= 4 is 5.57 Å². The van der Waals surface area contributed by atoms with Crippen molar-refractivity contribution in [3.63, 3.8) is 0 Å². The van der Waals surface area contributed by atoms with Gasteiger partial charge in [0.05, 0.1) is 0 Å². The van der Waals surface area contributed by atoms with E-state index in [4.69, 9.17) is 0 Å². The second-order valence-electron chi connectivity index (χ2n) is 5.43. The lowest BCUT2D eigenvalue weighted by molar-refractivity contribution is 0.248. The van der Waals surface area contributed by atoms with Crippen LogP contribution in [-0.2, 0) is 6.42 Å². The summed E-state index contributed by atoms with van der Waals surface area (Å²) >= 11 is 0. The minimum Gasteiger partial charge on any atom is -0.306 e. The fourth-order valence-electron chi connectivity index (χ4n) is 3.22. The zero-order valence-electron chi connectivity index (χ0n) is 10.7. The Balaban J connectivity index is 1.86. The minimum atomic E-state index is 0.799. The van der Waals surface area contributed by atoms with E-state index >= 15 is 0 Å². The zero-order chi connectivity index (χ0) is 11.7. The molecule has 1 saturated heterocycles. The molecule has 0 unspecified atom stereocenters. The van der Waals surface area contributed by atoms with Gasteiger partial charge in [-0.2, -0.15) is 0 Å². The van der Waals surface area contributed by atoms with E-state index < -0.39 is 0 Å². The fraction of sp³-hybridized carbons (Fsp3) is 0.500. The Morgan fingerprint density at radius 3 is 2.71 bits per heavy atom. The highest BCUT2D eigenvalue weighted by Gasteiger charge is 2.23. The molecule has 0 saturated carbocycles. The first-order valence-electron chi connectivity index (χ1n) is 6.81. The Bertz CT molecular complexity index is 425. The van der Waals surface area contributed by atoms with E-state index in [0.717, 1.165) is 5.92 Å². The monoisotopic (exact) mass is 227 g/mol. The van der Waals surface area contributed by atoms with Gasteiger partial charge in [0.2, 0.25) is 0 Å². The second-order valence-corrected chi connectivity index (χ2v) is 5.43. The third-order valence-corrected chi connectivity index (χ3v) is 4.26. The highest BCUT2D eigenvalue weighted by atomic mass is 15.1. The molecule has 17 heavy (non-hydrogen) atoms. The average Bonchev–Trinajstić information content (AvgIpc) is 2.39. The lowest BCUT2D eigenvalue weighted by Crippen LogP contribution is -2.31. The summed E-state index contributed by atoms with van der Waals surface area (Å²) in [5, 5.41) is 0. The number of nitrogens with zero attached hydrogens (tertiary/aromatic N) is 1. The number of aryl methyl sites for hydroxylation is 1. The maximum atomic E-state index is 2.50. The van der Waals surface area contributed by atoms with E-state index in [9.17, 15) is 0 Å². The number of allylic oxidation sites excluding steroid dienone is 2. The molecule has 3 rings (SSSR count). The molecule has 90 valence electrons. The van der Waals surface area contributed by atoms with Crippen molar-refractivity contribution in [2.45, 2.75) is 25.7 Å². The molecular weight excluding hydrogens is 206 g/mol. The summed E-state index contributed by atoms with van der Waals surface area (Å²) in [7, 11) is 2.24. The highest BCUT2D eigenvalue weighted by Crippen LogP contribution is 2.36. The molecule has 0 amide bonds. The standard InChI is InChI=1S/C16H21N/c1-17-11-9-14(10-12-17)16-8-4-6-13-5-2-3-7-15(13)16/h2-3,5,7-8,14H,4,6,9-12H2,1H3. The molecule has 0 bridgehead atoms. The molecule has 2 aliphatic rings. The summed E-state index contributed by atoms with van der Waals surface area (Å²) in [6.07, 6.45) is 7.62. The minimum absolute atomic E-state index is 0.799. The predicted molar refractivity (Wildman–Crippen MR) is 73.0 cm³/mol. The predicted octanol–water partition coefficient (Wildman–Crippen LogP) is 3.36. The van der Waals surface area contributed by atoms with Crippen molar-refractivity contribution in [1.29, 1.82) is 0 Å². The molecule has 0 N–H and O–H groups in total. The van der Waals surface area contributed by atoms with Crippen LogP contribution >= 0.6 is 0 Å². The van der Waals surface area contributed by atoms with Gasteiger partial charge < -0.3 is 4.90 Å². The van der Waals surface area contributed by atoms with Gasteiger partial charge in [0, 0.05) is 0 Å². The number of rotatable bonds is 1. The van der Waals surface area contributed by atoms with Crippen LogP contribution in [0, 0.1) is 5.92 Å². The maximum Gasteiger partial charge on any atom is -0.00159 e. The van der Waals surface area contributed by atoms with Crippen molar-refractivity contribution in [2.75, 3.05) is 20.1 Å². The van der Waals surface area contributed by atoms with Gasteiger partial charge in [-0.3, -0.25) is 0 Å². The number of hydrogen-bond acceptors (Lipinski definition) is 1. The lowest BCUT2D eigenvalue weighted by Gasteiger charge is -2.32. The maximum absolute atomic E-state index is 2.50. The largest absolute Gasteiger partial charge is 0.306 e. The SMILES string of the molecule is CN1CCC(C2=CCCc3ccccc32)CC1. The molecule has 0 spiro atoms. The van der Waals surface area contributed by atoms with Gasteiger partial charge in [0.25, 0.3) is 0 Å². The number of hydrogen-bond donors (Lipinski definition) is 0. The molecule has 1 heterocycles. The number of fused-ring (bicyclic) bond motifs is 1. The molecule has 1 aromatic rings. The van der Waals surface area contributed by atoms with Crippen molar-refractivity contribution in [1.82, 2.24) is 4.90 Å². The van der Waals surface area contributed by atoms with E-state index in [2.05, 4.69) is 42.3 Å². The molecular formula is C16H21N. The Kier molecular flexibility index (Phi) is 3.02. The van der Waals surface area contributed by atoms with Gasteiger partial charge in [-0.15, -0.1) is 0 Å². The Morgan fingerprint density at radius 2 is 1.88 bits per heavy atom. The van der Waals surface area contributed by atoms with Crippen LogP contribution in [0.25, 0.3) is 5.57 Å². The summed E-state index contributed by atoms with van der Waals surface area (Å²) in [5.41, 5.74) is 4.73. The van der Waals surface area contributed by atoms with Crippen LogP contribution in [0.1, 0.15) is 30.4 Å². The molecule has 1 aromatic carbocycles. The highest BCUT2D eigenvalue weighted by molar-refractivity contribution is 5.71. The van der Waals surface area contributed by atoms with E-state index in [1.807, 2.05) is 0 Å². The van der Waals surface area contributed by atoms with Gasteiger partial charge >= 0.3 is 0 Å². The van der Waals surface area contributed by atoms with Crippen molar-refractivity contribution < 1.29 is 0 Å². The quantitative estimate of drug-likeness (QED) is 0.711. The van der Waals surface area contributed by atoms with Crippen LogP contribution in [0.4, 0.5) is 0 Å². The molecule has 1 heteroatoms. The smallest absolute Gasteiger partial charge is 0.00159 e. The van der Waals surface area contributed by atoms with Gasteiger partial charge in [-0.25, -0.2) is 0 Å². The molecule has 1 aliphatic heterocycles. The van der Waals surface area contributed by atoms with Crippen LogP contribution in [0.2, 0.25) is 0 Å². The molecule has 0 radical (unpaired) electrons. The van der Waals surface area contributed by atoms with Crippen molar-refractivity contribution in [2.24, 2.45) is 5.92 Å². The first-order chi connectivity index (χ1) is 8.34. The molecule has 0 atom stereocenters. The van der Waals surface area contributed by atoms with Crippen LogP contribution in [-0.4, -0.2) is 25.0 Å². The number of piperidine rings is 1. The normalized spacial score (nSPS) is 22.1. The zero-order valence-corrected chi connectivity index (χ0v) is 10.7. The van der Waals surface area contributed by atoms with Crippen LogP contribution in [0.15, 0.2) is 30.3 Å². The third-order valence-electron chi connectivity index (χ3n) is 4.26. The molecule has 1 aliphatic carbocycles. The van der Waals surface area contributed by atoms with Gasteiger partial charge in [-0.1, -0.05) is 30.3 Å². The summed E-state index contributed by atoms with van der Waals surface area (Å²) in [6, 6.07) is 8.99. The molecule has 1 fully saturated rings. The van der Waals surface area contributed by atoms with Crippen LogP contribution in [0.5, 0.6) is 0 Å². The first-order valence-corrected chi connectivity index (χ1v) is 6.81. The average molecular weight is 227 g/mol. The third kappa shape index (κ3) is 2.16. The van der Waals surface area contributed by atoms with Gasteiger partial charge in [0.1, 0.15) is 0 Å². The van der Waals surface area contributed by atoms with Crippen LogP contribution < -0.4 is 0 Å². The van der Waals surface area contributed by atoms with Crippen LogP contribution in [0.3, 0.4) is 0 Å². The van der Waals surface area contributed by atoms with Crippen molar-refractivity contribution in [3.8, 4) is 0 Å². The van der Waals surface area contributed by atoms with E-state index in [1.165, 1.54) is 44.3 Å². The number of benzene rings is 1. The summed E-state index contributed by atoms with van der Waals surface area (Å²) < 4.78 is 0. The van der Waals surface area contributed by atoms with Crippen molar-refractivity contribution in [3.05, 3.63) is 41.5 Å². The molecule has 0 aromatic heterocycles. The lowest BCUT2D eigenvalue weighted by atomic mass is 9.80. The Hall–Kier alpha value is -1.08. The molecule has 1 nitrogen and oxygen atoms in total. The summed E-state index contributed by atoms with van der Waals surface area (Å²) in [5.74, 6) is 0.799.